The summed E-state index contributed by atoms with van der Waals surface area (Å²) in [6, 6.07) is 7.42. The Hall–Kier alpha value is -2.32. The fraction of sp³-hybridized carbons (Fsp3) is 0.375. The minimum Gasteiger partial charge on any atom is -0.376 e. The highest BCUT2D eigenvalue weighted by atomic mass is 32.1. The molecule has 1 fully saturated rings. The minimum atomic E-state index is -0.380. The molecule has 0 unspecified atom stereocenters. The van der Waals surface area contributed by atoms with Crippen LogP contribution in [0.1, 0.15) is 38.0 Å². The monoisotopic (exact) mass is 346 g/mol. The molecule has 0 aliphatic carbocycles. The number of aryl methyl sites for hydroxylation is 1. The van der Waals surface area contributed by atoms with Gasteiger partial charge in [0.15, 0.2) is 0 Å². The van der Waals surface area contributed by atoms with Gasteiger partial charge in [-0.05, 0) is 31.9 Å². The Labute approximate surface area is 143 Å². The highest BCUT2D eigenvalue weighted by Gasteiger charge is 2.20. The van der Waals surface area contributed by atoms with E-state index in [4.69, 9.17) is 4.74 Å². The molecule has 126 valence electrons. The van der Waals surface area contributed by atoms with Gasteiger partial charge in [0.05, 0.1) is 6.10 Å². The quantitative estimate of drug-likeness (QED) is 0.864. The predicted octanol–water partition coefficient (Wildman–Crippen LogP) is 2.01. The smallest absolute Gasteiger partial charge is 0.286 e. The molecule has 24 heavy (non-hydrogen) atoms. The lowest BCUT2D eigenvalue weighted by atomic mass is 10.2. The van der Waals surface area contributed by atoms with Crippen LogP contribution in [0.2, 0.25) is 0 Å². The highest BCUT2D eigenvalue weighted by molar-refractivity contribution is 7.15. The number of aromatic nitrogens is 2. The van der Waals surface area contributed by atoms with Crippen molar-refractivity contribution in [2.24, 2.45) is 0 Å². The van der Waals surface area contributed by atoms with Gasteiger partial charge in [-0.1, -0.05) is 29.0 Å². The van der Waals surface area contributed by atoms with Gasteiger partial charge in [0.2, 0.25) is 10.0 Å². The second kappa shape index (κ2) is 7.50. The first-order valence-corrected chi connectivity index (χ1v) is 8.55. The van der Waals surface area contributed by atoms with E-state index in [2.05, 4.69) is 20.8 Å². The topological polar surface area (TPSA) is 93.2 Å². The summed E-state index contributed by atoms with van der Waals surface area (Å²) in [7, 11) is 0. The van der Waals surface area contributed by atoms with E-state index in [1.165, 1.54) is 0 Å². The SMILES string of the molecule is Cc1ccc(NC(=O)c2nnc(C(=O)NC[C@@H]3CCCO3)s2)cc1. The third-order valence-electron chi connectivity index (χ3n) is 3.64. The van der Waals surface area contributed by atoms with Crippen molar-refractivity contribution < 1.29 is 14.3 Å². The van der Waals surface area contributed by atoms with Crippen LogP contribution < -0.4 is 10.6 Å². The zero-order chi connectivity index (χ0) is 16.9. The number of ether oxygens (including phenoxy) is 1. The maximum Gasteiger partial charge on any atom is 0.286 e. The molecule has 2 aromatic rings. The zero-order valence-electron chi connectivity index (χ0n) is 13.2. The summed E-state index contributed by atoms with van der Waals surface area (Å²) in [4.78, 5) is 24.2. The number of nitrogens with one attached hydrogen (secondary N) is 2. The molecule has 1 aromatic heterocycles. The maximum absolute atomic E-state index is 12.1. The first kappa shape index (κ1) is 16.5. The van der Waals surface area contributed by atoms with E-state index in [0.717, 1.165) is 36.3 Å². The van der Waals surface area contributed by atoms with E-state index in [0.29, 0.717) is 12.2 Å². The highest BCUT2D eigenvalue weighted by Crippen LogP contribution is 2.15. The summed E-state index contributed by atoms with van der Waals surface area (Å²) >= 11 is 0.967. The third-order valence-corrected chi connectivity index (χ3v) is 4.56. The lowest BCUT2D eigenvalue weighted by Crippen LogP contribution is -2.31. The number of carbonyl (C=O) groups is 2. The van der Waals surface area contributed by atoms with Crippen LogP contribution in [0, 0.1) is 6.92 Å². The molecule has 8 heteroatoms. The Morgan fingerprint density at radius 1 is 1.21 bits per heavy atom. The minimum absolute atomic E-state index is 0.0613. The lowest BCUT2D eigenvalue weighted by Gasteiger charge is -2.08. The summed E-state index contributed by atoms with van der Waals surface area (Å²) in [6.07, 6.45) is 2.02. The Bertz CT molecular complexity index is 723. The van der Waals surface area contributed by atoms with Crippen LogP contribution in [0.4, 0.5) is 5.69 Å². The van der Waals surface area contributed by atoms with Gasteiger partial charge >= 0.3 is 0 Å². The van der Waals surface area contributed by atoms with Crippen LogP contribution in [-0.2, 0) is 4.74 Å². The summed E-state index contributed by atoms with van der Waals surface area (Å²) in [5.41, 5.74) is 1.78. The van der Waals surface area contributed by atoms with Crippen molar-refractivity contribution in [1.82, 2.24) is 15.5 Å². The number of benzene rings is 1. The van der Waals surface area contributed by atoms with Crippen LogP contribution >= 0.6 is 11.3 Å². The molecule has 0 radical (unpaired) electrons. The molecule has 3 rings (SSSR count). The number of carbonyl (C=O) groups excluding carboxylic acids is 2. The van der Waals surface area contributed by atoms with Gasteiger partial charge in [0, 0.05) is 18.8 Å². The van der Waals surface area contributed by atoms with Gasteiger partial charge in [-0.15, -0.1) is 10.2 Å². The number of anilines is 1. The molecule has 2 N–H and O–H groups in total. The average molecular weight is 346 g/mol. The molecule has 1 aliphatic rings. The summed E-state index contributed by atoms with van der Waals surface area (Å²) < 4.78 is 5.45. The van der Waals surface area contributed by atoms with E-state index in [1.54, 1.807) is 0 Å². The molecule has 1 aromatic carbocycles. The van der Waals surface area contributed by atoms with Crippen LogP contribution in [0.15, 0.2) is 24.3 Å². The van der Waals surface area contributed by atoms with Gasteiger partial charge in [-0.3, -0.25) is 9.59 Å². The van der Waals surface area contributed by atoms with Gasteiger partial charge < -0.3 is 15.4 Å². The van der Waals surface area contributed by atoms with Crippen molar-refractivity contribution >= 4 is 28.8 Å². The van der Waals surface area contributed by atoms with Gasteiger partial charge in [-0.25, -0.2) is 0 Å². The largest absolute Gasteiger partial charge is 0.376 e. The van der Waals surface area contributed by atoms with Crippen molar-refractivity contribution in [2.45, 2.75) is 25.9 Å². The number of hydrogen-bond donors (Lipinski definition) is 2. The number of nitrogens with zero attached hydrogens (tertiary/aromatic N) is 2. The molecular weight excluding hydrogens is 328 g/mol. The van der Waals surface area contributed by atoms with Crippen molar-refractivity contribution in [3.63, 3.8) is 0 Å². The van der Waals surface area contributed by atoms with Crippen LogP contribution in [0.3, 0.4) is 0 Å². The second-order valence-corrected chi connectivity index (χ2v) is 6.56. The molecule has 0 saturated carbocycles. The average Bonchev–Trinajstić information content (AvgIpc) is 3.26. The van der Waals surface area contributed by atoms with Crippen molar-refractivity contribution in [3.8, 4) is 0 Å². The second-order valence-electron chi connectivity index (χ2n) is 5.58. The van der Waals surface area contributed by atoms with Gasteiger partial charge in [-0.2, -0.15) is 0 Å². The standard InChI is InChI=1S/C16H18N4O3S/c1-10-4-6-11(7-5-10)18-14(22)16-20-19-15(24-16)13(21)17-9-12-3-2-8-23-12/h4-7,12H,2-3,8-9H2,1H3,(H,17,21)(H,18,22)/t12-/m0/s1. The predicted molar refractivity (Wildman–Crippen MR) is 90.3 cm³/mol. The van der Waals surface area contributed by atoms with Crippen molar-refractivity contribution in [1.29, 1.82) is 0 Å². The Balaban J connectivity index is 1.56. The summed E-state index contributed by atoms with van der Waals surface area (Å²) in [5, 5.41) is 13.4. The summed E-state index contributed by atoms with van der Waals surface area (Å²) in [6.45, 7) is 3.16. The molecule has 0 spiro atoms. The number of hydrogen-bond acceptors (Lipinski definition) is 6. The molecule has 7 nitrogen and oxygen atoms in total. The lowest BCUT2D eigenvalue weighted by molar-refractivity contribution is 0.0856. The normalized spacial score (nSPS) is 16.8. The third kappa shape index (κ3) is 4.15. The molecule has 1 saturated heterocycles. The van der Waals surface area contributed by atoms with E-state index < -0.39 is 0 Å². The van der Waals surface area contributed by atoms with Crippen LogP contribution in [0.5, 0.6) is 0 Å². The van der Waals surface area contributed by atoms with Crippen LogP contribution in [-0.4, -0.2) is 41.3 Å². The van der Waals surface area contributed by atoms with Gasteiger partial charge in [0.1, 0.15) is 0 Å². The molecule has 2 amide bonds. The van der Waals surface area contributed by atoms with E-state index in [9.17, 15) is 9.59 Å². The molecule has 0 bridgehead atoms. The molecule has 1 aliphatic heterocycles. The fourth-order valence-electron chi connectivity index (χ4n) is 2.32. The summed E-state index contributed by atoms with van der Waals surface area (Å²) in [5.74, 6) is -0.716. The van der Waals surface area contributed by atoms with Gasteiger partial charge in [0.25, 0.3) is 11.8 Å². The van der Waals surface area contributed by atoms with Crippen molar-refractivity contribution in [3.05, 3.63) is 39.8 Å². The first-order valence-electron chi connectivity index (χ1n) is 7.73. The number of amides is 2. The Kier molecular flexibility index (Phi) is 5.17. The Morgan fingerprint density at radius 3 is 2.58 bits per heavy atom. The van der Waals surface area contributed by atoms with E-state index >= 15 is 0 Å². The van der Waals surface area contributed by atoms with Crippen molar-refractivity contribution in [2.75, 3.05) is 18.5 Å². The molecular formula is C16H18N4O3S. The van der Waals surface area contributed by atoms with E-state index in [1.807, 2.05) is 31.2 Å². The first-order chi connectivity index (χ1) is 11.6. The molecule has 2 heterocycles. The Morgan fingerprint density at radius 2 is 1.92 bits per heavy atom. The van der Waals surface area contributed by atoms with Crippen LogP contribution in [0.25, 0.3) is 0 Å². The number of rotatable bonds is 5. The van der Waals surface area contributed by atoms with E-state index in [-0.39, 0.29) is 27.9 Å². The maximum atomic E-state index is 12.1. The molecule has 1 atom stereocenters. The fourth-order valence-corrected chi connectivity index (χ4v) is 2.97. The zero-order valence-corrected chi connectivity index (χ0v) is 14.1.